The van der Waals surface area contributed by atoms with E-state index in [1.54, 1.807) is 24.4 Å². The van der Waals surface area contributed by atoms with Crippen LogP contribution in [0.2, 0.25) is 15.1 Å². The van der Waals surface area contributed by atoms with Gasteiger partial charge in [-0.1, -0.05) is 34.8 Å². The lowest BCUT2D eigenvalue weighted by molar-refractivity contribution is 1.31. The van der Waals surface area contributed by atoms with Crippen LogP contribution in [0.4, 0.5) is 0 Å². The van der Waals surface area contributed by atoms with Gasteiger partial charge < -0.3 is 0 Å². The van der Waals surface area contributed by atoms with Crippen LogP contribution in [-0.2, 0) is 0 Å². The molecule has 82 valence electrons. The van der Waals surface area contributed by atoms with Crippen LogP contribution in [0.5, 0.6) is 0 Å². The predicted octanol–water partition coefficient (Wildman–Crippen LogP) is 5.31. The summed E-state index contributed by atoms with van der Waals surface area (Å²) < 4.78 is 0.976. The monoisotopic (exact) mass is 383 g/mol. The normalized spacial score (nSPS) is 10.5. The number of rotatable bonds is 1. The van der Waals surface area contributed by atoms with Crippen molar-refractivity contribution < 1.29 is 0 Å². The number of nitrogens with zero attached hydrogens (tertiary/aromatic N) is 1. The maximum Gasteiger partial charge on any atom is 0.0904 e. The van der Waals surface area contributed by atoms with E-state index in [9.17, 15) is 0 Å². The fourth-order valence-electron chi connectivity index (χ4n) is 1.29. The van der Waals surface area contributed by atoms with Gasteiger partial charge in [0.1, 0.15) is 0 Å². The molecule has 0 N–H and O–H groups in total. The van der Waals surface area contributed by atoms with Crippen molar-refractivity contribution in [3.05, 3.63) is 49.1 Å². The standard InChI is InChI=1S/C11H5Cl3IN/c12-6-1-2-9(13)8(3-6)11-10(14)4-7(15)5-16-11/h1-5H. The summed E-state index contributed by atoms with van der Waals surface area (Å²) in [5.41, 5.74) is 1.39. The second-order valence-electron chi connectivity index (χ2n) is 3.11. The number of halogens is 4. The fraction of sp³-hybridized carbons (Fsp3) is 0. The topological polar surface area (TPSA) is 12.9 Å². The molecule has 1 nitrogen and oxygen atoms in total. The molecule has 2 aromatic rings. The molecule has 0 unspecified atom stereocenters. The summed E-state index contributed by atoms with van der Waals surface area (Å²) in [6.45, 7) is 0. The molecule has 0 saturated carbocycles. The second-order valence-corrected chi connectivity index (χ2v) is 5.60. The molecule has 0 aliphatic heterocycles. The molecule has 0 spiro atoms. The van der Waals surface area contributed by atoms with Gasteiger partial charge >= 0.3 is 0 Å². The first-order valence-electron chi connectivity index (χ1n) is 4.34. The van der Waals surface area contributed by atoms with Crippen LogP contribution in [0.25, 0.3) is 11.3 Å². The number of hydrogen-bond acceptors (Lipinski definition) is 1. The molecule has 1 aromatic heterocycles. The Kier molecular flexibility index (Phi) is 3.95. The highest BCUT2D eigenvalue weighted by Gasteiger charge is 2.10. The maximum atomic E-state index is 6.12. The summed E-state index contributed by atoms with van der Waals surface area (Å²) in [5.74, 6) is 0. The van der Waals surface area contributed by atoms with E-state index in [1.807, 2.05) is 6.07 Å². The van der Waals surface area contributed by atoms with Crippen molar-refractivity contribution in [2.24, 2.45) is 0 Å². The van der Waals surface area contributed by atoms with E-state index >= 15 is 0 Å². The van der Waals surface area contributed by atoms with Gasteiger partial charge in [0, 0.05) is 20.4 Å². The van der Waals surface area contributed by atoms with E-state index in [1.165, 1.54) is 0 Å². The van der Waals surface area contributed by atoms with E-state index in [4.69, 9.17) is 34.8 Å². The molecule has 0 fully saturated rings. The summed E-state index contributed by atoms with van der Waals surface area (Å²) in [6.07, 6.45) is 1.74. The van der Waals surface area contributed by atoms with Crippen molar-refractivity contribution in [2.45, 2.75) is 0 Å². The Balaban J connectivity index is 2.62. The first kappa shape index (κ1) is 12.4. The smallest absolute Gasteiger partial charge is 0.0904 e. The second kappa shape index (κ2) is 5.08. The minimum atomic E-state index is 0.566. The molecule has 1 heterocycles. The maximum absolute atomic E-state index is 6.12. The highest BCUT2D eigenvalue weighted by atomic mass is 127. The predicted molar refractivity (Wildman–Crippen MR) is 77.4 cm³/mol. The number of aromatic nitrogens is 1. The summed E-state index contributed by atoms with van der Waals surface area (Å²) >= 11 is 20.3. The lowest BCUT2D eigenvalue weighted by Crippen LogP contribution is -1.87. The molecular weight excluding hydrogens is 379 g/mol. The SMILES string of the molecule is Clc1ccc(Cl)c(-c2ncc(I)cc2Cl)c1. The molecule has 5 heteroatoms. The van der Waals surface area contributed by atoms with Gasteiger partial charge in [-0.3, -0.25) is 4.98 Å². The van der Waals surface area contributed by atoms with Crippen molar-refractivity contribution >= 4 is 57.4 Å². The minimum Gasteiger partial charge on any atom is -0.254 e. The average Bonchev–Trinajstić information content (AvgIpc) is 2.22. The van der Waals surface area contributed by atoms with E-state index in [0.29, 0.717) is 20.8 Å². The Morgan fingerprint density at radius 1 is 1.00 bits per heavy atom. The van der Waals surface area contributed by atoms with Crippen LogP contribution in [-0.4, -0.2) is 4.98 Å². The lowest BCUT2D eigenvalue weighted by Gasteiger charge is -2.06. The zero-order valence-electron chi connectivity index (χ0n) is 7.85. The van der Waals surface area contributed by atoms with Crippen molar-refractivity contribution in [3.63, 3.8) is 0 Å². The zero-order valence-corrected chi connectivity index (χ0v) is 12.3. The first-order chi connectivity index (χ1) is 7.58. The summed E-state index contributed by atoms with van der Waals surface area (Å²) in [5, 5.41) is 1.76. The zero-order chi connectivity index (χ0) is 11.7. The Morgan fingerprint density at radius 2 is 1.75 bits per heavy atom. The van der Waals surface area contributed by atoms with Crippen LogP contribution in [0.3, 0.4) is 0 Å². The number of pyridine rings is 1. The average molecular weight is 384 g/mol. The van der Waals surface area contributed by atoms with Gasteiger partial charge in [-0.25, -0.2) is 0 Å². The third-order valence-corrected chi connectivity index (χ3v) is 3.43. The van der Waals surface area contributed by atoms with Crippen molar-refractivity contribution in [3.8, 4) is 11.3 Å². The largest absolute Gasteiger partial charge is 0.254 e. The van der Waals surface area contributed by atoms with Crippen LogP contribution in [0, 0.1) is 3.57 Å². The van der Waals surface area contributed by atoms with Crippen LogP contribution in [0.15, 0.2) is 30.5 Å². The van der Waals surface area contributed by atoms with Gasteiger partial charge in [0.25, 0.3) is 0 Å². The van der Waals surface area contributed by atoms with Gasteiger partial charge in [-0.05, 0) is 46.9 Å². The van der Waals surface area contributed by atoms with Gasteiger partial charge in [0.2, 0.25) is 0 Å². The Labute approximate surface area is 122 Å². The minimum absolute atomic E-state index is 0.566. The lowest BCUT2D eigenvalue weighted by atomic mass is 10.1. The highest BCUT2D eigenvalue weighted by molar-refractivity contribution is 14.1. The van der Waals surface area contributed by atoms with Crippen molar-refractivity contribution in [1.29, 1.82) is 0 Å². The van der Waals surface area contributed by atoms with Crippen LogP contribution < -0.4 is 0 Å². The molecule has 0 aliphatic carbocycles. The molecule has 0 radical (unpaired) electrons. The first-order valence-corrected chi connectivity index (χ1v) is 6.55. The number of hydrogen-bond donors (Lipinski definition) is 0. The van der Waals surface area contributed by atoms with E-state index in [-0.39, 0.29) is 0 Å². The van der Waals surface area contributed by atoms with Crippen molar-refractivity contribution in [1.82, 2.24) is 4.98 Å². The Morgan fingerprint density at radius 3 is 2.44 bits per heavy atom. The molecule has 0 atom stereocenters. The molecule has 0 bridgehead atoms. The van der Waals surface area contributed by atoms with E-state index < -0.39 is 0 Å². The van der Waals surface area contributed by atoms with E-state index in [2.05, 4.69) is 27.6 Å². The molecule has 16 heavy (non-hydrogen) atoms. The Hall–Kier alpha value is -0.0300. The quantitative estimate of drug-likeness (QED) is 0.607. The molecular formula is C11H5Cl3IN. The third kappa shape index (κ3) is 2.62. The number of benzene rings is 1. The van der Waals surface area contributed by atoms with Gasteiger partial charge in [-0.2, -0.15) is 0 Å². The molecule has 1 aromatic carbocycles. The molecule has 2 rings (SSSR count). The summed E-state index contributed by atoms with van der Waals surface area (Å²) in [4.78, 5) is 4.27. The van der Waals surface area contributed by atoms with Crippen molar-refractivity contribution in [2.75, 3.05) is 0 Å². The van der Waals surface area contributed by atoms with Gasteiger partial charge in [0.05, 0.1) is 15.7 Å². The fourth-order valence-corrected chi connectivity index (χ4v) is 2.57. The summed E-state index contributed by atoms with van der Waals surface area (Å²) in [6, 6.07) is 7.05. The highest BCUT2D eigenvalue weighted by Crippen LogP contribution is 2.33. The van der Waals surface area contributed by atoms with Crippen LogP contribution >= 0.6 is 57.4 Å². The summed E-state index contributed by atoms with van der Waals surface area (Å²) in [7, 11) is 0. The molecule has 0 aliphatic rings. The molecule has 0 amide bonds. The van der Waals surface area contributed by atoms with E-state index in [0.717, 1.165) is 9.13 Å². The van der Waals surface area contributed by atoms with Gasteiger partial charge in [-0.15, -0.1) is 0 Å². The Bertz CT molecular complexity index is 543. The van der Waals surface area contributed by atoms with Gasteiger partial charge in [0.15, 0.2) is 0 Å². The molecule has 0 saturated heterocycles. The van der Waals surface area contributed by atoms with Crippen LogP contribution in [0.1, 0.15) is 0 Å². The third-order valence-electron chi connectivity index (χ3n) is 1.99.